The summed E-state index contributed by atoms with van der Waals surface area (Å²) in [5.74, 6) is 0.310. The van der Waals surface area contributed by atoms with Crippen LogP contribution in [0.3, 0.4) is 0 Å². The average Bonchev–Trinajstić information content (AvgIpc) is 2.87. The van der Waals surface area contributed by atoms with Crippen LogP contribution in [0.4, 0.5) is 0 Å². The molecule has 1 aliphatic heterocycles. The average molecular weight is 338 g/mol. The van der Waals surface area contributed by atoms with E-state index in [0.717, 1.165) is 25.7 Å². The largest absolute Gasteiger partial charge is 0.458 e. The van der Waals surface area contributed by atoms with Crippen LogP contribution in [0.25, 0.3) is 0 Å². The predicted octanol–water partition coefficient (Wildman–Crippen LogP) is 4.44. The van der Waals surface area contributed by atoms with Gasteiger partial charge in [-0.05, 0) is 48.2 Å². The standard InChI is InChI=1S/C22H26O3/c1-14-17-11-18-15(2)19(24-13-16-7-5-4-6-8-16)9-10-22(18,3)12-20(17)25-21(14)23/h4-8,17-20H,1-2,9-13H2,3H3/t17-,18+,19-,20-,22-/m1/s1. The van der Waals surface area contributed by atoms with E-state index in [2.05, 4.69) is 32.2 Å². The van der Waals surface area contributed by atoms with Gasteiger partial charge in [-0.3, -0.25) is 0 Å². The summed E-state index contributed by atoms with van der Waals surface area (Å²) in [6.07, 6.45) is 4.01. The lowest BCUT2D eigenvalue weighted by Crippen LogP contribution is -2.47. The van der Waals surface area contributed by atoms with Gasteiger partial charge in [-0.25, -0.2) is 4.79 Å². The van der Waals surface area contributed by atoms with E-state index < -0.39 is 0 Å². The number of fused-ring (bicyclic) bond motifs is 2. The Kier molecular flexibility index (Phi) is 4.07. The van der Waals surface area contributed by atoms with Gasteiger partial charge in [-0.2, -0.15) is 0 Å². The van der Waals surface area contributed by atoms with Gasteiger partial charge in [0.05, 0.1) is 12.7 Å². The Hall–Kier alpha value is -1.87. The number of benzene rings is 1. The molecule has 0 amide bonds. The maximum Gasteiger partial charge on any atom is 0.334 e. The molecule has 1 aromatic carbocycles. The Labute approximate surface area is 149 Å². The quantitative estimate of drug-likeness (QED) is 0.464. The maximum absolute atomic E-state index is 11.9. The van der Waals surface area contributed by atoms with Crippen LogP contribution in [-0.2, 0) is 20.9 Å². The number of esters is 1. The van der Waals surface area contributed by atoms with Crippen molar-refractivity contribution >= 4 is 5.97 Å². The minimum atomic E-state index is -0.209. The molecule has 0 N–H and O–H groups in total. The molecule has 1 saturated heterocycles. The fraction of sp³-hybridized carbons (Fsp3) is 0.500. The molecule has 3 aliphatic rings. The van der Waals surface area contributed by atoms with E-state index in [1.54, 1.807) is 0 Å². The summed E-state index contributed by atoms with van der Waals surface area (Å²) in [6, 6.07) is 10.3. The highest BCUT2D eigenvalue weighted by Gasteiger charge is 2.54. The van der Waals surface area contributed by atoms with Gasteiger partial charge in [-0.15, -0.1) is 0 Å². The summed E-state index contributed by atoms with van der Waals surface area (Å²) in [6.45, 7) is 11.3. The van der Waals surface area contributed by atoms with Crippen LogP contribution >= 0.6 is 0 Å². The third kappa shape index (κ3) is 2.85. The Morgan fingerprint density at radius 3 is 2.80 bits per heavy atom. The van der Waals surface area contributed by atoms with E-state index >= 15 is 0 Å². The monoisotopic (exact) mass is 338 g/mol. The minimum absolute atomic E-state index is 0.0100. The van der Waals surface area contributed by atoms with Crippen molar-refractivity contribution in [2.24, 2.45) is 17.3 Å². The number of carbonyl (C=O) groups excluding carboxylic acids is 1. The van der Waals surface area contributed by atoms with E-state index in [0.29, 0.717) is 18.1 Å². The lowest BCUT2D eigenvalue weighted by molar-refractivity contribution is -0.142. The van der Waals surface area contributed by atoms with E-state index in [1.165, 1.54) is 11.1 Å². The molecule has 3 fully saturated rings. The number of rotatable bonds is 3. The Bertz CT molecular complexity index is 707. The first-order valence-electron chi connectivity index (χ1n) is 9.22. The van der Waals surface area contributed by atoms with E-state index in [9.17, 15) is 4.79 Å². The van der Waals surface area contributed by atoms with Crippen LogP contribution in [0.5, 0.6) is 0 Å². The second kappa shape index (κ2) is 6.14. The lowest BCUT2D eigenvalue weighted by atomic mass is 9.55. The Balaban J connectivity index is 1.47. The minimum Gasteiger partial charge on any atom is -0.458 e. The molecule has 3 nitrogen and oxygen atoms in total. The van der Waals surface area contributed by atoms with Crippen molar-refractivity contribution in [1.82, 2.24) is 0 Å². The van der Waals surface area contributed by atoms with Gasteiger partial charge in [0, 0.05) is 11.5 Å². The van der Waals surface area contributed by atoms with Gasteiger partial charge < -0.3 is 9.47 Å². The van der Waals surface area contributed by atoms with Gasteiger partial charge in [0.25, 0.3) is 0 Å². The molecule has 0 radical (unpaired) electrons. The molecule has 132 valence electrons. The predicted molar refractivity (Wildman–Crippen MR) is 96.7 cm³/mol. The lowest BCUT2D eigenvalue weighted by Gasteiger charge is -2.51. The number of hydrogen-bond donors (Lipinski definition) is 0. The van der Waals surface area contributed by atoms with E-state index in [-0.39, 0.29) is 29.5 Å². The SMILES string of the molecule is C=C1C(=O)O[C@@H]2C[C@@]3(C)CC[C@@H](OCc4ccccc4)C(=C)[C@@H]3C[C@H]12. The van der Waals surface area contributed by atoms with Crippen molar-refractivity contribution in [3.63, 3.8) is 0 Å². The molecular weight excluding hydrogens is 312 g/mol. The highest BCUT2D eigenvalue weighted by atomic mass is 16.6. The second-order valence-electron chi connectivity index (χ2n) is 8.12. The summed E-state index contributed by atoms with van der Waals surface area (Å²) < 4.78 is 11.8. The van der Waals surface area contributed by atoms with Gasteiger partial charge >= 0.3 is 5.97 Å². The van der Waals surface area contributed by atoms with E-state index in [4.69, 9.17) is 9.47 Å². The first kappa shape index (κ1) is 16.6. The topological polar surface area (TPSA) is 35.5 Å². The smallest absolute Gasteiger partial charge is 0.334 e. The molecule has 3 heteroatoms. The fourth-order valence-corrected chi connectivity index (χ4v) is 5.00. The first-order chi connectivity index (χ1) is 12.0. The van der Waals surface area contributed by atoms with E-state index in [1.807, 2.05) is 18.2 Å². The molecule has 0 spiro atoms. The zero-order valence-corrected chi connectivity index (χ0v) is 14.9. The summed E-state index contributed by atoms with van der Waals surface area (Å²) in [7, 11) is 0. The molecule has 2 aliphatic carbocycles. The molecule has 0 aromatic heterocycles. The van der Waals surface area contributed by atoms with Crippen LogP contribution in [0.2, 0.25) is 0 Å². The number of ether oxygens (including phenoxy) is 2. The first-order valence-corrected chi connectivity index (χ1v) is 9.22. The van der Waals surface area contributed by atoms with Crippen LogP contribution < -0.4 is 0 Å². The van der Waals surface area contributed by atoms with Crippen LogP contribution in [0.1, 0.15) is 38.2 Å². The summed E-state index contributed by atoms with van der Waals surface area (Å²) in [5.41, 5.74) is 3.17. The van der Waals surface area contributed by atoms with Gasteiger partial charge in [0.15, 0.2) is 0 Å². The molecular formula is C22H26O3. The van der Waals surface area contributed by atoms with Crippen molar-refractivity contribution in [1.29, 1.82) is 0 Å². The summed E-state index contributed by atoms with van der Waals surface area (Å²) >= 11 is 0. The van der Waals surface area contributed by atoms with Crippen molar-refractivity contribution in [2.75, 3.05) is 0 Å². The molecule has 0 bridgehead atoms. The Morgan fingerprint density at radius 1 is 1.28 bits per heavy atom. The van der Waals surface area contributed by atoms with Crippen molar-refractivity contribution in [3.8, 4) is 0 Å². The molecule has 4 rings (SSSR count). The third-order valence-electron chi connectivity index (χ3n) is 6.55. The van der Waals surface area contributed by atoms with Crippen LogP contribution in [0.15, 0.2) is 54.6 Å². The van der Waals surface area contributed by atoms with Crippen LogP contribution in [0, 0.1) is 17.3 Å². The fourth-order valence-electron chi connectivity index (χ4n) is 5.00. The molecule has 1 aromatic rings. The maximum atomic E-state index is 11.9. The summed E-state index contributed by atoms with van der Waals surface area (Å²) in [5, 5.41) is 0. The molecule has 0 unspecified atom stereocenters. The van der Waals surface area contributed by atoms with Crippen molar-refractivity contribution in [2.45, 2.75) is 51.4 Å². The highest BCUT2D eigenvalue weighted by Crippen LogP contribution is 2.57. The normalized spacial score (nSPS) is 37.4. The van der Waals surface area contributed by atoms with Crippen LogP contribution in [-0.4, -0.2) is 18.2 Å². The van der Waals surface area contributed by atoms with Crippen molar-refractivity contribution in [3.05, 3.63) is 60.2 Å². The second-order valence-corrected chi connectivity index (χ2v) is 8.12. The number of carbonyl (C=O) groups is 1. The van der Waals surface area contributed by atoms with Gasteiger partial charge in [0.2, 0.25) is 0 Å². The van der Waals surface area contributed by atoms with Crippen molar-refractivity contribution < 1.29 is 14.3 Å². The highest BCUT2D eigenvalue weighted by molar-refractivity contribution is 5.90. The molecule has 1 heterocycles. The summed E-state index contributed by atoms with van der Waals surface area (Å²) in [4.78, 5) is 11.9. The van der Waals surface area contributed by atoms with Gasteiger partial charge in [-0.1, -0.05) is 50.4 Å². The molecule has 2 saturated carbocycles. The number of hydrogen-bond acceptors (Lipinski definition) is 3. The molecule has 25 heavy (non-hydrogen) atoms. The zero-order valence-electron chi connectivity index (χ0n) is 14.9. The zero-order chi connectivity index (χ0) is 17.6. The van der Waals surface area contributed by atoms with Gasteiger partial charge in [0.1, 0.15) is 6.10 Å². The Morgan fingerprint density at radius 2 is 2.04 bits per heavy atom. The third-order valence-corrected chi connectivity index (χ3v) is 6.55. The molecule has 5 atom stereocenters.